The molecule has 0 aliphatic carbocycles. The van der Waals surface area contributed by atoms with Crippen LogP contribution in [0.1, 0.15) is 10.5 Å². The van der Waals surface area contributed by atoms with Gasteiger partial charge in [0.1, 0.15) is 5.69 Å². The summed E-state index contributed by atoms with van der Waals surface area (Å²) in [6.07, 6.45) is 1.26. The first-order valence-electron chi connectivity index (χ1n) is 6.56. The minimum Gasteiger partial charge on any atom is -0.342 e. The normalized spacial score (nSPS) is 14.8. The fourth-order valence-corrected chi connectivity index (χ4v) is 2.15. The molecule has 114 valence electrons. The molecule has 9 nitrogen and oxygen atoms in total. The summed E-state index contributed by atoms with van der Waals surface area (Å²) in [5.74, 6) is -0.664. The number of nitrogens with one attached hydrogen (secondary N) is 2. The first-order valence-corrected chi connectivity index (χ1v) is 6.56. The van der Waals surface area contributed by atoms with Crippen LogP contribution >= 0.6 is 0 Å². The molecular formula is C12H17N5O4. The first kappa shape index (κ1) is 15.0. The van der Waals surface area contributed by atoms with Crippen molar-refractivity contribution in [2.24, 2.45) is 7.05 Å². The van der Waals surface area contributed by atoms with E-state index in [2.05, 4.69) is 10.6 Å². The summed E-state index contributed by atoms with van der Waals surface area (Å²) in [5.41, 5.74) is -0.00843. The molecule has 1 saturated heterocycles. The highest BCUT2D eigenvalue weighted by Gasteiger charge is 2.20. The van der Waals surface area contributed by atoms with E-state index in [-0.39, 0.29) is 23.8 Å². The lowest BCUT2D eigenvalue weighted by Gasteiger charge is -2.27. The zero-order valence-electron chi connectivity index (χ0n) is 11.7. The quantitative estimate of drug-likeness (QED) is 0.552. The zero-order chi connectivity index (χ0) is 15.4. The molecule has 1 aliphatic heterocycles. The summed E-state index contributed by atoms with van der Waals surface area (Å²) in [6, 6.07) is 1.19. The number of amides is 2. The number of carbonyl (C=O) groups is 2. The van der Waals surface area contributed by atoms with Gasteiger partial charge in [-0.15, -0.1) is 0 Å². The van der Waals surface area contributed by atoms with Gasteiger partial charge in [-0.25, -0.2) is 0 Å². The molecule has 0 radical (unpaired) electrons. The molecule has 0 aromatic carbocycles. The van der Waals surface area contributed by atoms with Gasteiger partial charge in [-0.3, -0.25) is 19.7 Å². The number of hydrogen-bond acceptors (Lipinski definition) is 5. The van der Waals surface area contributed by atoms with Crippen LogP contribution in [-0.2, 0) is 11.8 Å². The first-order chi connectivity index (χ1) is 9.99. The molecule has 9 heteroatoms. The van der Waals surface area contributed by atoms with E-state index in [9.17, 15) is 19.7 Å². The van der Waals surface area contributed by atoms with E-state index in [4.69, 9.17) is 0 Å². The number of nitrogens with zero attached hydrogens (tertiary/aromatic N) is 3. The van der Waals surface area contributed by atoms with Gasteiger partial charge in [0, 0.05) is 39.3 Å². The fraction of sp³-hybridized carbons (Fsp3) is 0.500. The molecule has 1 aliphatic rings. The van der Waals surface area contributed by atoms with Crippen LogP contribution in [-0.4, -0.2) is 58.9 Å². The van der Waals surface area contributed by atoms with Gasteiger partial charge in [0.2, 0.25) is 5.91 Å². The highest BCUT2D eigenvalue weighted by molar-refractivity contribution is 5.95. The van der Waals surface area contributed by atoms with Crippen LogP contribution in [0.2, 0.25) is 0 Å². The van der Waals surface area contributed by atoms with Gasteiger partial charge < -0.3 is 20.1 Å². The minimum atomic E-state index is -0.567. The standard InChI is InChI=1S/C12H17N5O4/c1-15-8-9(17(20)21)6-10(15)12(19)14-7-11(18)16-4-2-13-3-5-16/h6,8,13H,2-5,7H2,1H3,(H,14,19). The molecular weight excluding hydrogens is 278 g/mol. The van der Waals surface area contributed by atoms with Gasteiger partial charge in [-0.1, -0.05) is 0 Å². The summed E-state index contributed by atoms with van der Waals surface area (Å²) >= 11 is 0. The Morgan fingerprint density at radius 2 is 2.10 bits per heavy atom. The predicted molar refractivity (Wildman–Crippen MR) is 73.9 cm³/mol. The molecule has 0 spiro atoms. The number of nitro groups is 1. The number of hydrogen-bond donors (Lipinski definition) is 2. The third-order valence-corrected chi connectivity index (χ3v) is 3.30. The van der Waals surface area contributed by atoms with E-state index >= 15 is 0 Å². The third-order valence-electron chi connectivity index (χ3n) is 3.30. The van der Waals surface area contributed by atoms with Crippen molar-refractivity contribution in [3.05, 3.63) is 28.1 Å². The van der Waals surface area contributed by atoms with Crippen molar-refractivity contribution < 1.29 is 14.5 Å². The Balaban J connectivity index is 1.92. The summed E-state index contributed by atoms with van der Waals surface area (Å²) in [7, 11) is 1.54. The van der Waals surface area contributed by atoms with Gasteiger partial charge in [0.15, 0.2) is 0 Å². The van der Waals surface area contributed by atoms with Gasteiger partial charge in [-0.05, 0) is 0 Å². The molecule has 0 unspecified atom stereocenters. The van der Waals surface area contributed by atoms with Crippen molar-refractivity contribution in [1.29, 1.82) is 0 Å². The van der Waals surface area contributed by atoms with Crippen molar-refractivity contribution in [1.82, 2.24) is 20.1 Å². The van der Waals surface area contributed by atoms with E-state index in [0.717, 1.165) is 13.1 Å². The topological polar surface area (TPSA) is 110 Å². The Hall–Kier alpha value is -2.42. The molecule has 2 amide bonds. The molecule has 21 heavy (non-hydrogen) atoms. The fourth-order valence-electron chi connectivity index (χ4n) is 2.15. The Morgan fingerprint density at radius 1 is 1.43 bits per heavy atom. The highest BCUT2D eigenvalue weighted by atomic mass is 16.6. The lowest BCUT2D eigenvalue weighted by Crippen LogP contribution is -2.49. The van der Waals surface area contributed by atoms with E-state index in [1.165, 1.54) is 16.8 Å². The van der Waals surface area contributed by atoms with Crippen LogP contribution in [0, 0.1) is 10.1 Å². The van der Waals surface area contributed by atoms with Crippen molar-refractivity contribution in [2.45, 2.75) is 0 Å². The summed E-state index contributed by atoms with van der Waals surface area (Å²) in [4.78, 5) is 35.6. The highest BCUT2D eigenvalue weighted by Crippen LogP contribution is 2.14. The average Bonchev–Trinajstić information content (AvgIpc) is 2.87. The molecule has 0 saturated carbocycles. The molecule has 2 N–H and O–H groups in total. The lowest BCUT2D eigenvalue weighted by atomic mass is 10.3. The second kappa shape index (κ2) is 6.35. The minimum absolute atomic E-state index is 0.113. The molecule has 2 heterocycles. The Bertz CT molecular complexity index is 562. The van der Waals surface area contributed by atoms with Crippen molar-refractivity contribution in [3.8, 4) is 0 Å². The Labute approximate surface area is 121 Å². The Morgan fingerprint density at radius 3 is 2.67 bits per heavy atom. The number of piperazine rings is 1. The number of carbonyl (C=O) groups excluding carboxylic acids is 2. The number of rotatable bonds is 4. The molecule has 0 atom stereocenters. The second-order valence-corrected chi connectivity index (χ2v) is 4.77. The van der Waals surface area contributed by atoms with Crippen LogP contribution in [0.5, 0.6) is 0 Å². The third kappa shape index (κ3) is 3.57. The van der Waals surface area contributed by atoms with Crippen LogP contribution < -0.4 is 10.6 Å². The number of aryl methyl sites for hydroxylation is 1. The monoisotopic (exact) mass is 295 g/mol. The SMILES string of the molecule is Cn1cc([N+](=O)[O-])cc1C(=O)NCC(=O)N1CCNCC1. The van der Waals surface area contributed by atoms with Crippen LogP contribution in [0.3, 0.4) is 0 Å². The van der Waals surface area contributed by atoms with Gasteiger partial charge in [0.05, 0.1) is 17.7 Å². The molecule has 1 aromatic heterocycles. The van der Waals surface area contributed by atoms with Crippen molar-refractivity contribution >= 4 is 17.5 Å². The van der Waals surface area contributed by atoms with Crippen LogP contribution in [0.4, 0.5) is 5.69 Å². The molecule has 1 aromatic rings. The smallest absolute Gasteiger partial charge is 0.287 e. The van der Waals surface area contributed by atoms with E-state index in [1.54, 1.807) is 11.9 Å². The maximum absolute atomic E-state index is 12.0. The predicted octanol–water partition coefficient (Wildman–Crippen LogP) is -0.905. The van der Waals surface area contributed by atoms with Crippen LogP contribution in [0.15, 0.2) is 12.3 Å². The van der Waals surface area contributed by atoms with Crippen molar-refractivity contribution in [2.75, 3.05) is 32.7 Å². The average molecular weight is 295 g/mol. The lowest BCUT2D eigenvalue weighted by molar-refractivity contribution is -0.384. The molecule has 1 fully saturated rings. The summed E-state index contributed by atoms with van der Waals surface area (Å²) in [6.45, 7) is 2.60. The van der Waals surface area contributed by atoms with E-state index in [1.807, 2.05) is 0 Å². The van der Waals surface area contributed by atoms with Gasteiger partial charge in [0.25, 0.3) is 11.6 Å². The van der Waals surface area contributed by atoms with Gasteiger partial charge >= 0.3 is 0 Å². The molecule has 0 bridgehead atoms. The number of aromatic nitrogens is 1. The van der Waals surface area contributed by atoms with E-state index in [0.29, 0.717) is 13.1 Å². The van der Waals surface area contributed by atoms with E-state index < -0.39 is 10.8 Å². The Kier molecular flexibility index (Phi) is 4.53. The maximum atomic E-state index is 12.0. The summed E-state index contributed by atoms with van der Waals surface area (Å²) in [5, 5.41) is 16.3. The van der Waals surface area contributed by atoms with Crippen LogP contribution in [0.25, 0.3) is 0 Å². The molecule has 2 rings (SSSR count). The second-order valence-electron chi connectivity index (χ2n) is 4.77. The maximum Gasteiger partial charge on any atom is 0.287 e. The summed E-state index contributed by atoms with van der Waals surface area (Å²) < 4.78 is 1.36. The van der Waals surface area contributed by atoms with Crippen molar-refractivity contribution in [3.63, 3.8) is 0 Å². The largest absolute Gasteiger partial charge is 0.342 e. The van der Waals surface area contributed by atoms with Gasteiger partial charge in [-0.2, -0.15) is 0 Å². The zero-order valence-corrected chi connectivity index (χ0v) is 11.7.